The van der Waals surface area contributed by atoms with Crippen LogP contribution >= 0.6 is 0 Å². The molecule has 0 aromatic carbocycles. The van der Waals surface area contributed by atoms with Crippen LogP contribution in [0.1, 0.15) is 46.9 Å². The van der Waals surface area contributed by atoms with Crippen LogP contribution < -0.4 is 0 Å². The van der Waals surface area contributed by atoms with E-state index in [4.69, 9.17) is 0 Å². The summed E-state index contributed by atoms with van der Waals surface area (Å²) in [7, 11) is 0. The number of hydrogen-bond acceptors (Lipinski definition) is 4. The Morgan fingerprint density at radius 3 is 2.29 bits per heavy atom. The van der Waals surface area contributed by atoms with Crippen LogP contribution in [0.4, 0.5) is 0 Å². The Balaban J connectivity index is 2.40. The molecule has 0 N–H and O–H groups in total. The average Bonchev–Trinajstić information content (AvgIpc) is 2.73. The monoisotopic (exact) mass is 239 g/mol. The number of aromatic nitrogens is 4. The molecule has 1 aromatic rings. The summed E-state index contributed by atoms with van der Waals surface area (Å²) in [6, 6.07) is 0. The highest BCUT2D eigenvalue weighted by atomic mass is 15.6. The predicted octanol–water partition coefficient (Wildman–Crippen LogP) is 1.70. The second kappa shape index (κ2) is 6.10. The number of nitrogens with zero attached hydrogens (tertiary/aromatic N) is 5. The number of tetrazole rings is 1. The zero-order valence-electron chi connectivity index (χ0n) is 11.8. The van der Waals surface area contributed by atoms with Gasteiger partial charge in [0.2, 0.25) is 0 Å². The highest BCUT2D eigenvalue weighted by Gasteiger charge is 2.19. The first kappa shape index (κ1) is 14.1. The Morgan fingerprint density at radius 1 is 1.18 bits per heavy atom. The minimum absolute atomic E-state index is 0.0167. The summed E-state index contributed by atoms with van der Waals surface area (Å²) in [5, 5.41) is 12.6. The quantitative estimate of drug-likeness (QED) is 0.758. The van der Waals surface area contributed by atoms with Crippen LogP contribution in [-0.4, -0.2) is 44.7 Å². The smallest absolute Gasteiger partial charge is 0.180 e. The fourth-order valence-electron chi connectivity index (χ4n) is 1.61. The second-order valence-corrected chi connectivity index (χ2v) is 5.34. The van der Waals surface area contributed by atoms with Crippen molar-refractivity contribution in [2.24, 2.45) is 0 Å². The van der Waals surface area contributed by atoms with Crippen molar-refractivity contribution in [3.63, 3.8) is 0 Å². The molecule has 0 aliphatic rings. The van der Waals surface area contributed by atoms with Crippen molar-refractivity contribution in [2.75, 3.05) is 19.6 Å². The first-order valence-electron chi connectivity index (χ1n) is 6.48. The predicted molar refractivity (Wildman–Crippen MR) is 68.9 cm³/mol. The van der Waals surface area contributed by atoms with Gasteiger partial charge in [0.25, 0.3) is 0 Å². The van der Waals surface area contributed by atoms with Gasteiger partial charge in [-0.05, 0) is 31.3 Å². The standard InChI is InChI=1S/C12H25N5/c1-6-16(7-2)9-8-10-17-14-11(13-15-17)12(3,4)5/h6-10H2,1-5H3. The minimum Gasteiger partial charge on any atom is -0.304 e. The van der Waals surface area contributed by atoms with Crippen molar-refractivity contribution < 1.29 is 0 Å². The third kappa shape index (κ3) is 4.42. The van der Waals surface area contributed by atoms with Gasteiger partial charge in [-0.25, -0.2) is 0 Å². The summed E-state index contributed by atoms with van der Waals surface area (Å²) in [5.41, 5.74) is -0.0167. The molecule has 0 fully saturated rings. The van der Waals surface area contributed by atoms with Gasteiger partial charge in [-0.3, -0.25) is 0 Å². The van der Waals surface area contributed by atoms with Crippen LogP contribution in [0.25, 0.3) is 0 Å². The highest BCUT2D eigenvalue weighted by Crippen LogP contribution is 2.16. The van der Waals surface area contributed by atoms with Crippen LogP contribution in [0.2, 0.25) is 0 Å². The molecule has 1 heterocycles. The van der Waals surface area contributed by atoms with Crippen molar-refractivity contribution >= 4 is 0 Å². The molecule has 0 spiro atoms. The number of hydrogen-bond donors (Lipinski definition) is 0. The van der Waals surface area contributed by atoms with Gasteiger partial charge >= 0.3 is 0 Å². The van der Waals surface area contributed by atoms with E-state index >= 15 is 0 Å². The summed E-state index contributed by atoms with van der Waals surface area (Å²) >= 11 is 0. The molecule has 0 unspecified atom stereocenters. The third-order valence-corrected chi connectivity index (χ3v) is 2.85. The molecule has 0 aliphatic heterocycles. The lowest BCUT2D eigenvalue weighted by Gasteiger charge is -2.17. The van der Waals surface area contributed by atoms with Crippen molar-refractivity contribution in [1.82, 2.24) is 25.1 Å². The van der Waals surface area contributed by atoms with Gasteiger partial charge < -0.3 is 4.90 Å². The van der Waals surface area contributed by atoms with Gasteiger partial charge in [0.15, 0.2) is 5.82 Å². The van der Waals surface area contributed by atoms with E-state index in [9.17, 15) is 0 Å². The molecule has 5 heteroatoms. The molecular weight excluding hydrogens is 214 g/mol. The molecule has 0 aliphatic carbocycles. The molecule has 0 amide bonds. The van der Waals surface area contributed by atoms with Crippen LogP contribution in [0.3, 0.4) is 0 Å². The Bertz CT molecular complexity index is 322. The Labute approximate surface area is 104 Å². The summed E-state index contributed by atoms with van der Waals surface area (Å²) < 4.78 is 0. The maximum Gasteiger partial charge on any atom is 0.180 e. The van der Waals surface area contributed by atoms with E-state index in [1.54, 1.807) is 4.80 Å². The molecule has 0 bridgehead atoms. The van der Waals surface area contributed by atoms with Gasteiger partial charge in [-0.15, -0.1) is 10.2 Å². The molecule has 0 saturated carbocycles. The molecule has 0 saturated heterocycles. The normalized spacial score (nSPS) is 12.4. The van der Waals surface area contributed by atoms with E-state index in [0.717, 1.165) is 38.4 Å². The van der Waals surface area contributed by atoms with E-state index in [2.05, 4.69) is 54.9 Å². The van der Waals surface area contributed by atoms with Gasteiger partial charge in [-0.2, -0.15) is 4.80 Å². The van der Waals surface area contributed by atoms with Crippen molar-refractivity contribution in [3.8, 4) is 0 Å². The summed E-state index contributed by atoms with van der Waals surface area (Å²) in [4.78, 5) is 4.12. The minimum atomic E-state index is -0.0167. The van der Waals surface area contributed by atoms with Crippen LogP contribution in [-0.2, 0) is 12.0 Å². The molecule has 98 valence electrons. The maximum atomic E-state index is 4.41. The number of aryl methyl sites for hydroxylation is 1. The van der Waals surface area contributed by atoms with Gasteiger partial charge in [-0.1, -0.05) is 34.6 Å². The zero-order valence-corrected chi connectivity index (χ0v) is 11.8. The largest absolute Gasteiger partial charge is 0.304 e. The van der Waals surface area contributed by atoms with Crippen LogP contribution in [0, 0.1) is 0 Å². The highest BCUT2D eigenvalue weighted by molar-refractivity contribution is 4.95. The molecule has 17 heavy (non-hydrogen) atoms. The third-order valence-electron chi connectivity index (χ3n) is 2.85. The van der Waals surface area contributed by atoms with E-state index in [0.29, 0.717) is 0 Å². The molecule has 0 atom stereocenters. The second-order valence-electron chi connectivity index (χ2n) is 5.34. The first-order chi connectivity index (χ1) is 7.97. The Hall–Kier alpha value is -0.970. The Morgan fingerprint density at radius 2 is 1.82 bits per heavy atom. The lowest BCUT2D eigenvalue weighted by molar-refractivity contribution is 0.287. The lowest BCUT2D eigenvalue weighted by Crippen LogP contribution is -2.25. The van der Waals surface area contributed by atoms with Gasteiger partial charge in [0.1, 0.15) is 0 Å². The first-order valence-corrected chi connectivity index (χ1v) is 6.48. The molecule has 0 radical (unpaired) electrons. The Kier molecular flexibility index (Phi) is 5.05. The van der Waals surface area contributed by atoms with Crippen molar-refractivity contribution in [1.29, 1.82) is 0 Å². The van der Waals surface area contributed by atoms with Crippen LogP contribution in [0.15, 0.2) is 0 Å². The average molecular weight is 239 g/mol. The molecule has 5 nitrogen and oxygen atoms in total. The summed E-state index contributed by atoms with van der Waals surface area (Å²) in [6.45, 7) is 14.8. The van der Waals surface area contributed by atoms with Gasteiger partial charge in [0, 0.05) is 5.41 Å². The summed E-state index contributed by atoms with van der Waals surface area (Å²) in [6.07, 6.45) is 1.07. The van der Waals surface area contributed by atoms with Crippen LogP contribution in [0.5, 0.6) is 0 Å². The molecule has 1 rings (SSSR count). The SMILES string of the molecule is CCN(CC)CCCn1nnc(C(C)(C)C)n1. The van der Waals surface area contributed by atoms with E-state index in [1.807, 2.05) is 0 Å². The lowest BCUT2D eigenvalue weighted by atomic mass is 9.96. The van der Waals surface area contributed by atoms with E-state index in [1.165, 1.54) is 0 Å². The fraction of sp³-hybridized carbons (Fsp3) is 0.917. The molecular formula is C12H25N5. The van der Waals surface area contributed by atoms with E-state index in [-0.39, 0.29) is 5.41 Å². The van der Waals surface area contributed by atoms with Crippen molar-refractivity contribution in [2.45, 2.75) is 53.0 Å². The molecule has 1 aromatic heterocycles. The van der Waals surface area contributed by atoms with E-state index < -0.39 is 0 Å². The van der Waals surface area contributed by atoms with Crippen molar-refractivity contribution in [3.05, 3.63) is 5.82 Å². The topological polar surface area (TPSA) is 46.8 Å². The zero-order chi connectivity index (χ0) is 12.9. The van der Waals surface area contributed by atoms with Gasteiger partial charge in [0.05, 0.1) is 6.54 Å². The maximum absolute atomic E-state index is 4.41. The fourth-order valence-corrected chi connectivity index (χ4v) is 1.61. The number of rotatable bonds is 6. The summed E-state index contributed by atoms with van der Waals surface area (Å²) in [5.74, 6) is 0.820.